The Morgan fingerprint density at radius 3 is 2.65 bits per heavy atom. The van der Waals surface area contributed by atoms with Crippen LogP contribution < -0.4 is 5.32 Å². The number of nitrogens with zero attached hydrogens (tertiary/aromatic N) is 1. The molecule has 1 heterocycles. The van der Waals surface area contributed by atoms with Crippen molar-refractivity contribution < 1.29 is 4.39 Å². The Hall–Kier alpha value is -0.160. The van der Waals surface area contributed by atoms with Gasteiger partial charge in [-0.25, -0.2) is 4.39 Å². The van der Waals surface area contributed by atoms with Crippen LogP contribution in [0, 0.1) is 5.82 Å². The molecule has 0 aliphatic carbocycles. The molecule has 1 aliphatic rings. The zero-order valence-corrected chi connectivity index (χ0v) is 14.3. The van der Waals surface area contributed by atoms with Crippen LogP contribution in [-0.2, 0) is 6.54 Å². The molecule has 0 saturated carbocycles. The van der Waals surface area contributed by atoms with E-state index < -0.39 is 0 Å². The highest BCUT2D eigenvalue weighted by Gasteiger charge is 2.21. The van der Waals surface area contributed by atoms with Gasteiger partial charge in [-0.15, -0.1) is 12.4 Å². The molecule has 0 aromatic heterocycles. The van der Waals surface area contributed by atoms with Crippen LogP contribution in [0.15, 0.2) is 22.7 Å². The molecular formula is C15H23BrClFN2. The molecule has 1 N–H and O–H groups in total. The van der Waals surface area contributed by atoms with Gasteiger partial charge >= 0.3 is 0 Å². The van der Waals surface area contributed by atoms with E-state index in [1.54, 1.807) is 6.07 Å². The summed E-state index contributed by atoms with van der Waals surface area (Å²) in [6, 6.07) is 5.96. The summed E-state index contributed by atoms with van der Waals surface area (Å²) in [7, 11) is 0. The number of nitrogens with one attached hydrogen (secondary N) is 1. The van der Waals surface area contributed by atoms with E-state index in [9.17, 15) is 4.39 Å². The third-order valence-electron chi connectivity index (χ3n) is 3.72. The molecule has 2 nitrogen and oxygen atoms in total. The summed E-state index contributed by atoms with van der Waals surface area (Å²) in [4.78, 5) is 2.44. The normalized spacial score (nSPS) is 16.2. The molecule has 1 fully saturated rings. The second kappa shape index (κ2) is 8.98. The maximum Gasteiger partial charge on any atom is 0.128 e. The van der Waals surface area contributed by atoms with Crippen molar-refractivity contribution >= 4 is 28.3 Å². The molecule has 0 radical (unpaired) electrons. The molecule has 1 aromatic carbocycles. The number of hydrogen-bond acceptors (Lipinski definition) is 2. The smallest absolute Gasteiger partial charge is 0.128 e. The zero-order chi connectivity index (χ0) is 13.7. The molecule has 0 bridgehead atoms. The lowest BCUT2D eigenvalue weighted by molar-refractivity contribution is 0.152. The largest absolute Gasteiger partial charge is 0.317 e. The number of benzene rings is 1. The van der Waals surface area contributed by atoms with Gasteiger partial charge in [0.2, 0.25) is 0 Å². The molecular weight excluding hydrogens is 343 g/mol. The second-order valence-electron chi connectivity index (χ2n) is 5.19. The first-order valence-electron chi connectivity index (χ1n) is 7.09. The highest BCUT2D eigenvalue weighted by molar-refractivity contribution is 9.10. The van der Waals surface area contributed by atoms with Crippen LogP contribution in [0.4, 0.5) is 4.39 Å². The summed E-state index contributed by atoms with van der Waals surface area (Å²) < 4.78 is 14.8. The number of piperidine rings is 1. The Labute approximate surface area is 135 Å². The average Bonchev–Trinajstić information content (AvgIpc) is 2.42. The Morgan fingerprint density at radius 2 is 2.05 bits per heavy atom. The van der Waals surface area contributed by atoms with E-state index in [0.717, 1.165) is 55.5 Å². The van der Waals surface area contributed by atoms with Crippen molar-refractivity contribution in [2.75, 3.05) is 19.6 Å². The number of rotatable bonds is 5. The molecule has 114 valence electrons. The SMILES string of the molecule is CCCN(Cc1ccc(Br)cc1F)C1CCNCC1.Cl. The second-order valence-corrected chi connectivity index (χ2v) is 6.10. The van der Waals surface area contributed by atoms with Crippen molar-refractivity contribution in [2.45, 2.75) is 38.8 Å². The van der Waals surface area contributed by atoms with Gasteiger partial charge in [-0.2, -0.15) is 0 Å². The molecule has 1 saturated heterocycles. The molecule has 1 aromatic rings. The van der Waals surface area contributed by atoms with E-state index in [1.165, 1.54) is 0 Å². The van der Waals surface area contributed by atoms with Crippen molar-refractivity contribution in [3.63, 3.8) is 0 Å². The summed E-state index contributed by atoms with van der Waals surface area (Å²) in [5.41, 5.74) is 0.801. The van der Waals surface area contributed by atoms with Gasteiger partial charge in [0.25, 0.3) is 0 Å². The summed E-state index contributed by atoms with van der Waals surface area (Å²) in [5.74, 6) is -0.107. The average molecular weight is 366 g/mol. The monoisotopic (exact) mass is 364 g/mol. The minimum Gasteiger partial charge on any atom is -0.317 e. The van der Waals surface area contributed by atoms with Gasteiger partial charge < -0.3 is 5.32 Å². The lowest BCUT2D eigenvalue weighted by Gasteiger charge is -2.34. The molecule has 0 unspecified atom stereocenters. The van der Waals surface area contributed by atoms with Crippen LogP contribution in [0.2, 0.25) is 0 Å². The summed E-state index contributed by atoms with van der Waals surface area (Å²) in [6.07, 6.45) is 3.44. The van der Waals surface area contributed by atoms with E-state index in [-0.39, 0.29) is 18.2 Å². The molecule has 20 heavy (non-hydrogen) atoms. The van der Waals surface area contributed by atoms with E-state index in [4.69, 9.17) is 0 Å². The van der Waals surface area contributed by atoms with Crippen LogP contribution in [0.1, 0.15) is 31.7 Å². The van der Waals surface area contributed by atoms with Gasteiger partial charge in [0.05, 0.1) is 0 Å². The fourth-order valence-corrected chi connectivity index (χ4v) is 3.05. The maximum absolute atomic E-state index is 13.9. The van der Waals surface area contributed by atoms with Crippen molar-refractivity contribution in [1.29, 1.82) is 0 Å². The minimum atomic E-state index is -0.107. The Kier molecular flexibility index (Phi) is 8.03. The van der Waals surface area contributed by atoms with Gasteiger partial charge in [0.1, 0.15) is 5.82 Å². The van der Waals surface area contributed by atoms with Crippen LogP contribution in [0.25, 0.3) is 0 Å². The predicted molar refractivity (Wildman–Crippen MR) is 87.9 cm³/mol. The topological polar surface area (TPSA) is 15.3 Å². The van der Waals surface area contributed by atoms with E-state index in [0.29, 0.717) is 6.04 Å². The summed E-state index contributed by atoms with van der Waals surface area (Å²) >= 11 is 3.31. The highest BCUT2D eigenvalue weighted by Crippen LogP contribution is 2.20. The van der Waals surface area contributed by atoms with E-state index >= 15 is 0 Å². The molecule has 5 heteroatoms. The van der Waals surface area contributed by atoms with Crippen molar-refractivity contribution in [3.05, 3.63) is 34.1 Å². The first kappa shape index (κ1) is 17.9. The molecule has 0 atom stereocenters. The standard InChI is InChI=1S/C15H22BrFN2.ClH/c1-2-9-19(14-5-7-18-8-6-14)11-12-3-4-13(16)10-15(12)17;/h3-4,10,14,18H,2,5-9,11H2,1H3;1H. The third-order valence-corrected chi connectivity index (χ3v) is 4.22. The third kappa shape index (κ3) is 4.99. The van der Waals surface area contributed by atoms with Gasteiger partial charge in [-0.05, 0) is 51.0 Å². The van der Waals surface area contributed by atoms with Gasteiger partial charge in [-0.3, -0.25) is 4.90 Å². The van der Waals surface area contributed by atoms with Gasteiger partial charge in [0, 0.05) is 22.6 Å². The first-order valence-corrected chi connectivity index (χ1v) is 7.88. The summed E-state index contributed by atoms with van der Waals surface area (Å²) in [6.45, 7) is 6.10. The number of halogens is 3. The molecule has 0 amide bonds. The number of hydrogen-bond donors (Lipinski definition) is 1. The van der Waals surface area contributed by atoms with Gasteiger partial charge in [-0.1, -0.05) is 28.9 Å². The van der Waals surface area contributed by atoms with Crippen LogP contribution in [-0.4, -0.2) is 30.6 Å². The van der Waals surface area contributed by atoms with Crippen molar-refractivity contribution in [3.8, 4) is 0 Å². The van der Waals surface area contributed by atoms with Gasteiger partial charge in [0.15, 0.2) is 0 Å². The van der Waals surface area contributed by atoms with E-state index in [2.05, 4.69) is 33.1 Å². The molecule has 1 aliphatic heterocycles. The zero-order valence-electron chi connectivity index (χ0n) is 11.9. The van der Waals surface area contributed by atoms with Crippen LogP contribution in [0.3, 0.4) is 0 Å². The first-order chi connectivity index (χ1) is 9.20. The predicted octanol–water partition coefficient (Wildman–Crippen LogP) is 3.97. The fraction of sp³-hybridized carbons (Fsp3) is 0.600. The quantitative estimate of drug-likeness (QED) is 0.849. The Balaban J connectivity index is 0.00000200. The maximum atomic E-state index is 13.9. The Bertz CT molecular complexity index is 411. The fourth-order valence-electron chi connectivity index (χ4n) is 2.72. The lowest BCUT2D eigenvalue weighted by atomic mass is 10.0. The van der Waals surface area contributed by atoms with Crippen LogP contribution in [0.5, 0.6) is 0 Å². The highest BCUT2D eigenvalue weighted by atomic mass is 79.9. The molecule has 0 spiro atoms. The minimum absolute atomic E-state index is 0. The Morgan fingerprint density at radius 1 is 1.35 bits per heavy atom. The molecule has 2 rings (SSSR count). The van der Waals surface area contributed by atoms with Crippen molar-refractivity contribution in [2.24, 2.45) is 0 Å². The van der Waals surface area contributed by atoms with Crippen LogP contribution >= 0.6 is 28.3 Å². The van der Waals surface area contributed by atoms with Crippen molar-refractivity contribution in [1.82, 2.24) is 10.2 Å². The van der Waals surface area contributed by atoms with E-state index in [1.807, 2.05) is 12.1 Å². The lowest BCUT2D eigenvalue weighted by Crippen LogP contribution is -2.43. The summed E-state index contributed by atoms with van der Waals surface area (Å²) in [5, 5.41) is 3.39.